The van der Waals surface area contributed by atoms with Crippen molar-refractivity contribution < 1.29 is 57.9 Å². The van der Waals surface area contributed by atoms with Crippen LogP contribution in [0.4, 0.5) is 31.5 Å². The molecule has 8 heterocycles. The molecule has 0 aliphatic heterocycles. The lowest BCUT2D eigenvalue weighted by Crippen LogP contribution is -2.42. The van der Waals surface area contributed by atoms with Crippen molar-refractivity contribution in [3.8, 4) is 107 Å². The summed E-state index contributed by atoms with van der Waals surface area (Å²) in [7, 11) is -5.01. The average molecular weight is 1900 g/mol. The molecule has 0 unspecified atom stereocenters. The molecule has 35 heteroatoms. The fourth-order valence-corrected chi connectivity index (χ4v) is 18.6. The van der Waals surface area contributed by atoms with E-state index >= 15 is 0 Å². The van der Waals surface area contributed by atoms with Crippen LogP contribution in [0.3, 0.4) is 0 Å². The van der Waals surface area contributed by atoms with Crippen molar-refractivity contribution in [2.75, 3.05) is 49.5 Å². The van der Waals surface area contributed by atoms with Gasteiger partial charge in [0.1, 0.15) is 27.9 Å². The molecule has 137 heavy (non-hydrogen) atoms. The van der Waals surface area contributed by atoms with Gasteiger partial charge in [-0.05, 0) is 194 Å². The molecule has 700 valence electrons. The molecule has 0 spiro atoms. The van der Waals surface area contributed by atoms with Crippen LogP contribution in [0.25, 0.3) is 134 Å². The molecule has 0 saturated heterocycles. The van der Waals surface area contributed by atoms with Crippen molar-refractivity contribution in [3.05, 3.63) is 281 Å². The number of aromatic nitrogens is 12. The zero-order chi connectivity index (χ0) is 98.8. The summed E-state index contributed by atoms with van der Waals surface area (Å²) in [6.45, 7) is 28.9. The maximum atomic E-state index is 14.2. The summed E-state index contributed by atoms with van der Waals surface area (Å²) in [6, 6.07) is 51.3. The van der Waals surface area contributed by atoms with Crippen LogP contribution < -0.4 is 26.0 Å². The standard InChI is InChI=1S/C28H29N5O3S.2C26H27N5O3S.C22H16F2N4O2/c1-6-7-14-25(34)31-21-12-8-11-20(15-21)24-18-30-27-26(32-24)23(17-29-27)19-10-9-13-22(16-19)37(35,36)33(5)28(2,3)4;2*1-6-23(32)29-19-11-7-10-18(13-19)22-16-28-25-24(30-22)21(15-27-25)17-9-8-12-20(14-17)35(33,34)31(5)26(2,3)4;1-3-19(29)27-14-6-4-5-12(7-14)18-11-26-22-20(28-18)16(10-25-22)15-8-13(23)9-17(24)21(15)30-2/h8-13,15-18H,6H2,1-5H3,(H,29,30)(H,31,34);2*6-16H,1H2,2-5H3,(H,27,28)(H,29,32);3-11H,1H2,2H3,(H,25,26)(H,27,29). The van der Waals surface area contributed by atoms with Crippen LogP contribution >= 0.6 is 0 Å². The molecule has 0 aliphatic carbocycles. The Kier molecular flexibility index (Phi) is 29.6. The van der Waals surface area contributed by atoms with Crippen LogP contribution in [0.1, 0.15) is 75.7 Å². The second kappa shape index (κ2) is 41.0. The molecule has 0 bridgehead atoms. The van der Waals surface area contributed by atoms with Crippen LogP contribution in [-0.4, -0.2) is 166 Å². The monoisotopic (exact) mass is 1900 g/mol. The predicted molar refractivity (Wildman–Crippen MR) is 533 cm³/mol. The van der Waals surface area contributed by atoms with Gasteiger partial charge in [-0.3, -0.25) is 19.2 Å². The fraction of sp³-hybridized carbons (Fsp3) is 0.176. The maximum absolute atomic E-state index is 14.2. The smallest absolute Gasteiger partial charge is 0.300 e. The summed E-state index contributed by atoms with van der Waals surface area (Å²) in [5, 5.41) is 10.9. The number of hydrogen-bond acceptors (Lipinski definition) is 19. The molecule has 16 aromatic rings. The van der Waals surface area contributed by atoms with E-state index in [4.69, 9.17) is 19.7 Å². The lowest BCUT2D eigenvalue weighted by Gasteiger charge is -2.31. The van der Waals surface area contributed by atoms with Crippen LogP contribution in [-0.2, 0) is 49.2 Å². The van der Waals surface area contributed by atoms with Crippen molar-refractivity contribution in [1.82, 2.24) is 72.7 Å². The normalized spacial score (nSPS) is 11.8. The summed E-state index contributed by atoms with van der Waals surface area (Å²) < 4.78 is 116. The van der Waals surface area contributed by atoms with Gasteiger partial charge in [0.05, 0.1) is 69.4 Å². The zero-order valence-corrected chi connectivity index (χ0v) is 79.8. The summed E-state index contributed by atoms with van der Waals surface area (Å²) in [5.41, 5.74) is 15.6. The Balaban J connectivity index is 0.000000155. The van der Waals surface area contributed by atoms with Gasteiger partial charge in [-0.15, -0.1) is 0 Å². The van der Waals surface area contributed by atoms with Gasteiger partial charge in [0.2, 0.25) is 47.8 Å². The summed E-state index contributed by atoms with van der Waals surface area (Å²) in [5.74, 6) is 2.36. The van der Waals surface area contributed by atoms with E-state index in [1.807, 2.05) is 136 Å². The third-order valence-electron chi connectivity index (χ3n) is 21.9. The molecule has 0 atom stereocenters. The SMILES string of the molecule is C=CC(=O)Nc1cccc(-c2cnc3[nH]cc(-c4cc(F)cc(F)c4OC)c3n2)c1.C=CC(=O)Nc1cccc(-c2cnc3[nH]cc(-c4cccc(S(=O)(=O)N(C)C(C)(C)C)c4)c3n2)c1.C=CC(=O)Nc1cccc(-c2cnc3[nH]cc(-c4cccc(S(=O)(=O)N(C)C(C)(C)C)c4)c3n2)c1.CCC#CC(=O)Nc1cccc(-c2cnc3[nH]cc(-c4cccc(S(=O)(=O)N(C)C(C)(C)C)c4)c3n2)c1. The molecule has 0 aliphatic rings. The number of fused-ring (bicyclic) bond motifs is 4. The molecule has 0 radical (unpaired) electrons. The van der Waals surface area contributed by atoms with E-state index in [9.17, 15) is 53.2 Å². The second-order valence-electron chi connectivity index (χ2n) is 34.1. The number of ether oxygens (including phenoxy) is 1. The number of aromatic amines is 4. The Morgan fingerprint density at radius 3 is 0.956 bits per heavy atom. The lowest BCUT2D eigenvalue weighted by atomic mass is 10.1. The third-order valence-corrected chi connectivity index (χ3v) is 28.3. The van der Waals surface area contributed by atoms with E-state index in [2.05, 4.69) is 97.7 Å². The quantitative estimate of drug-likeness (QED) is 0.0231. The lowest BCUT2D eigenvalue weighted by molar-refractivity contribution is -0.112. The number of nitrogens with one attached hydrogen (secondary N) is 8. The number of anilines is 4. The first-order chi connectivity index (χ1) is 65.0. The van der Waals surface area contributed by atoms with E-state index in [0.29, 0.717) is 124 Å². The minimum absolute atomic E-state index is 0.0846. The number of hydrogen-bond donors (Lipinski definition) is 8. The van der Waals surface area contributed by atoms with Gasteiger partial charge < -0.3 is 45.9 Å². The zero-order valence-electron chi connectivity index (χ0n) is 77.4. The Bertz CT molecular complexity index is 7580. The number of halogens is 2. The summed E-state index contributed by atoms with van der Waals surface area (Å²) in [6.07, 6.45) is 17.6. The van der Waals surface area contributed by atoms with Gasteiger partial charge in [-0.1, -0.05) is 118 Å². The molecular formula is C102H99F2N19O11S3. The molecule has 4 amide bonds. The van der Waals surface area contributed by atoms with Gasteiger partial charge in [0.15, 0.2) is 34.2 Å². The van der Waals surface area contributed by atoms with Crippen LogP contribution in [0.15, 0.2) is 284 Å². The Labute approximate surface area is 791 Å². The minimum Gasteiger partial charge on any atom is -0.493 e. The molecule has 16 rings (SSSR count). The number of benzene rings is 8. The first-order valence-electron chi connectivity index (χ1n) is 42.7. The maximum Gasteiger partial charge on any atom is 0.300 e. The number of carbonyl (C=O) groups is 4. The highest BCUT2D eigenvalue weighted by Crippen LogP contribution is 2.41. The van der Waals surface area contributed by atoms with Gasteiger partial charge in [-0.2, -0.15) is 12.9 Å². The highest BCUT2D eigenvalue weighted by atomic mass is 32.2. The van der Waals surface area contributed by atoms with E-state index in [0.717, 1.165) is 39.4 Å². The predicted octanol–water partition coefficient (Wildman–Crippen LogP) is 19.4. The van der Waals surface area contributed by atoms with E-state index in [1.54, 1.807) is 174 Å². The number of methoxy groups -OCH3 is 1. The first kappa shape index (κ1) is 98.8. The molecule has 8 N–H and O–H groups in total. The number of carbonyl (C=O) groups excluding carboxylic acids is 4. The Morgan fingerprint density at radius 1 is 0.394 bits per heavy atom. The second-order valence-corrected chi connectivity index (χ2v) is 40.0. The molecular weight excluding hydrogens is 1800 g/mol. The van der Waals surface area contributed by atoms with Crippen molar-refractivity contribution in [2.45, 2.75) is 107 Å². The van der Waals surface area contributed by atoms with Gasteiger partial charge >= 0.3 is 0 Å². The van der Waals surface area contributed by atoms with Crippen molar-refractivity contribution in [2.24, 2.45) is 0 Å². The number of rotatable bonds is 22. The Morgan fingerprint density at radius 2 is 0.672 bits per heavy atom. The average Bonchev–Trinajstić information content (AvgIpc) is 1.76. The Hall–Kier alpha value is -15.7. The van der Waals surface area contributed by atoms with Crippen molar-refractivity contribution in [3.63, 3.8) is 0 Å². The largest absolute Gasteiger partial charge is 0.493 e. The van der Waals surface area contributed by atoms with E-state index < -0.39 is 58.3 Å². The summed E-state index contributed by atoms with van der Waals surface area (Å²) in [4.78, 5) is 96.7. The number of nitrogens with zero attached hydrogens (tertiary/aromatic N) is 11. The molecule has 0 saturated carbocycles. The van der Waals surface area contributed by atoms with Gasteiger partial charge in [-0.25, -0.2) is 73.9 Å². The van der Waals surface area contributed by atoms with Crippen LogP contribution in [0, 0.1) is 23.5 Å². The van der Waals surface area contributed by atoms with Gasteiger partial charge in [0.25, 0.3) is 5.91 Å². The van der Waals surface area contributed by atoms with E-state index in [1.165, 1.54) is 44.3 Å². The topological polar surface area (TPSA) is 404 Å². The van der Waals surface area contributed by atoms with Crippen molar-refractivity contribution in [1.29, 1.82) is 0 Å². The fourth-order valence-electron chi connectivity index (χ4n) is 13.9. The minimum atomic E-state index is -3.69. The highest BCUT2D eigenvalue weighted by molar-refractivity contribution is 7.89. The number of H-pyrrole nitrogens is 4. The third kappa shape index (κ3) is 22.7. The highest BCUT2D eigenvalue weighted by Gasteiger charge is 2.34. The van der Waals surface area contributed by atoms with Crippen LogP contribution in [0.2, 0.25) is 0 Å². The van der Waals surface area contributed by atoms with E-state index in [-0.39, 0.29) is 49.6 Å². The molecule has 8 aromatic heterocycles. The molecule has 8 aromatic carbocycles. The summed E-state index contributed by atoms with van der Waals surface area (Å²) >= 11 is 0. The van der Waals surface area contributed by atoms with Gasteiger partial charge in [0, 0.05) is 148 Å². The molecule has 0 fully saturated rings. The number of sulfonamides is 3. The molecule has 30 nitrogen and oxygen atoms in total. The van der Waals surface area contributed by atoms with Crippen molar-refractivity contribution >= 4 is 121 Å². The van der Waals surface area contributed by atoms with Crippen LogP contribution in [0.5, 0.6) is 5.75 Å². The number of amides is 4. The first-order valence-corrected chi connectivity index (χ1v) is 47.0.